The van der Waals surface area contributed by atoms with Crippen molar-refractivity contribution in [1.29, 1.82) is 0 Å². The monoisotopic (exact) mass is 197 g/mol. The van der Waals surface area contributed by atoms with Gasteiger partial charge in [-0.3, -0.25) is 4.79 Å². The van der Waals surface area contributed by atoms with Gasteiger partial charge in [0.15, 0.2) is 0 Å². The number of carboxylic acids is 1. The SMILES string of the molecule is C=CCCCN1CCC(C)(C(=O)O)C1. The Morgan fingerprint density at radius 1 is 1.71 bits per heavy atom. The van der Waals surface area contributed by atoms with Crippen molar-refractivity contribution in [3.8, 4) is 0 Å². The lowest BCUT2D eigenvalue weighted by Crippen LogP contribution is -2.32. The fraction of sp³-hybridized carbons (Fsp3) is 0.727. The molecular formula is C11H19NO2. The third-order valence-electron chi connectivity index (χ3n) is 2.95. The predicted octanol–water partition coefficient (Wildman–Crippen LogP) is 1.75. The van der Waals surface area contributed by atoms with Crippen LogP contribution in [0.15, 0.2) is 12.7 Å². The summed E-state index contributed by atoms with van der Waals surface area (Å²) in [6, 6.07) is 0. The number of hydrogen-bond donors (Lipinski definition) is 1. The van der Waals surface area contributed by atoms with Crippen LogP contribution in [0.3, 0.4) is 0 Å². The molecule has 0 aliphatic carbocycles. The van der Waals surface area contributed by atoms with Gasteiger partial charge >= 0.3 is 5.97 Å². The van der Waals surface area contributed by atoms with Gasteiger partial charge in [-0.1, -0.05) is 6.08 Å². The third-order valence-corrected chi connectivity index (χ3v) is 2.95. The number of likely N-dealkylation sites (tertiary alicyclic amines) is 1. The Bertz CT molecular complexity index is 227. The molecule has 0 aromatic heterocycles. The number of hydrogen-bond acceptors (Lipinski definition) is 2. The Morgan fingerprint density at radius 3 is 2.93 bits per heavy atom. The zero-order valence-corrected chi connectivity index (χ0v) is 8.83. The molecule has 0 amide bonds. The Balaban J connectivity index is 2.33. The summed E-state index contributed by atoms with van der Waals surface area (Å²) in [5.74, 6) is -0.663. The molecule has 0 aromatic carbocycles. The molecule has 0 bridgehead atoms. The second-order valence-electron chi connectivity index (χ2n) is 4.32. The first-order chi connectivity index (χ1) is 6.58. The van der Waals surface area contributed by atoms with E-state index >= 15 is 0 Å². The fourth-order valence-corrected chi connectivity index (χ4v) is 1.88. The van der Waals surface area contributed by atoms with Gasteiger partial charge in [-0.2, -0.15) is 0 Å². The molecule has 14 heavy (non-hydrogen) atoms. The molecule has 1 N–H and O–H groups in total. The average Bonchev–Trinajstić information content (AvgIpc) is 2.50. The average molecular weight is 197 g/mol. The molecule has 1 atom stereocenters. The van der Waals surface area contributed by atoms with Crippen molar-refractivity contribution in [3.05, 3.63) is 12.7 Å². The lowest BCUT2D eigenvalue weighted by molar-refractivity contribution is -0.147. The topological polar surface area (TPSA) is 40.5 Å². The number of allylic oxidation sites excluding steroid dienone is 1. The van der Waals surface area contributed by atoms with Crippen molar-refractivity contribution in [2.45, 2.75) is 26.2 Å². The van der Waals surface area contributed by atoms with Gasteiger partial charge in [0.05, 0.1) is 5.41 Å². The number of nitrogens with zero attached hydrogens (tertiary/aromatic N) is 1. The molecule has 0 radical (unpaired) electrons. The van der Waals surface area contributed by atoms with Gasteiger partial charge in [-0.15, -0.1) is 6.58 Å². The summed E-state index contributed by atoms with van der Waals surface area (Å²) < 4.78 is 0. The summed E-state index contributed by atoms with van der Waals surface area (Å²) in [6.45, 7) is 8.11. The van der Waals surface area contributed by atoms with Crippen LogP contribution in [0.4, 0.5) is 0 Å². The van der Waals surface area contributed by atoms with Gasteiger partial charge in [0.2, 0.25) is 0 Å². The summed E-state index contributed by atoms with van der Waals surface area (Å²) in [4.78, 5) is 13.2. The maximum absolute atomic E-state index is 11.0. The van der Waals surface area contributed by atoms with Crippen LogP contribution in [0.1, 0.15) is 26.2 Å². The van der Waals surface area contributed by atoms with E-state index < -0.39 is 11.4 Å². The van der Waals surface area contributed by atoms with Crippen LogP contribution in [0.25, 0.3) is 0 Å². The molecule has 0 spiro atoms. The standard InChI is InChI=1S/C11H19NO2/c1-3-4-5-7-12-8-6-11(2,9-12)10(13)14/h3H,1,4-9H2,2H3,(H,13,14). The first kappa shape index (κ1) is 11.2. The van der Waals surface area contributed by atoms with Gasteiger partial charge in [0.1, 0.15) is 0 Å². The molecule has 3 heteroatoms. The molecule has 0 saturated carbocycles. The number of aliphatic carboxylic acids is 1. The highest BCUT2D eigenvalue weighted by atomic mass is 16.4. The van der Waals surface area contributed by atoms with Gasteiger partial charge < -0.3 is 10.0 Å². The van der Waals surface area contributed by atoms with Crippen molar-refractivity contribution in [2.24, 2.45) is 5.41 Å². The van der Waals surface area contributed by atoms with E-state index in [4.69, 9.17) is 5.11 Å². The lowest BCUT2D eigenvalue weighted by atomic mass is 9.90. The Kier molecular flexibility index (Phi) is 3.69. The molecule has 1 fully saturated rings. The second kappa shape index (κ2) is 4.60. The normalized spacial score (nSPS) is 27.8. The van der Waals surface area contributed by atoms with E-state index in [1.807, 2.05) is 13.0 Å². The number of carbonyl (C=O) groups is 1. The smallest absolute Gasteiger partial charge is 0.310 e. The van der Waals surface area contributed by atoms with Crippen LogP contribution in [-0.4, -0.2) is 35.6 Å². The summed E-state index contributed by atoms with van der Waals surface area (Å²) >= 11 is 0. The second-order valence-corrected chi connectivity index (χ2v) is 4.32. The van der Waals surface area contributed by atoms with E-state index in [1.54, 1.807) is 0 Å². The minimum atomic E-state index is -0.663. The molecule has 0 aromatic rings. The highest BCUT2D eigenvalue weighted by Gasteiger charge is 2.39. The van der Waals surface area contributed by atoms with E-state index in [1.165, 1.54) is 0 Å². The third kappa shape index (κ3) is 2.58. The van der Waals surface area contributed by atoms with Crippen LogP contribution >= 0.6 is 0 Å². The summed E-state index contributed by atoms with van der Waals surface area (Å²) in [7, 11) is 0. The van der Waals surface area contributed by atoms with Crippen LogP contribution in [-0.2, 0) is 4.79 Å². The predicted molar refractivity (Wildman–Crippen MR) is 56.2 cm³/mol. The molecule has 1 unspecified atom stereocenters. The Morgan fingerprint density at radius 2 is 2.43 bits per heavy atom. The molecule has 1 aliphatic rings. The highest BCUT2D eigenvalue weighted by molar-refractivity contribution is 5.74. The number of rotatable bonds is 5. The van der Waals surface area contributed by atoms with E-state index in [-0.39, 0.29) is 0 Å². The molecule has 1 rings (SSSR count). The van der Waals surface area contributed by atoms with Crippen LogP contribution in [0, 0.1) is 5.41 Å². The molecule has 1 aliphatic heterocycles. The van der Waals surface area contributed by atoms with Gasteiger partial charge in [0.25, 0.3) is 0 Å². The Labute approximate surface area is 85.4 Å². The zero-order valence-electron chi connectivity index (χ0n) is 8.83. The summed E-state index contributed by atoms with van der Waals surface area (Å²) in [6.07, 6.45) is 4.78. The van der Waals surface area contributed by atoms with Crippen molar-refractivity contribution in [2.75, 3.05) is 19.6 Å². The van der Waals surface area contributed by atoms with Gasteiger partial charge in [-0.05, 0) is 39.3 Å². The van der Waals surface area contributed by atoms with Crippen LogP contribution in [0.2, 0.25) is 0 Å². The van der Waals surface area contributed by atoms with E-state index in [0.29, 0.717) is 6.54 Å². The Hall–Kier alpha value is -0.830. The number of unbranched alkanes of at least 4 members (excludes halogenated alkanes) is 1. The molecular weight excluding hydrogens is 178 g/mol. The minimum Gasteiger partial charge on any atom is -0.481 e. The largest absolute Gasteiger partial charge is 0.481 e. The summed E-state index contributed by atoms with van der Waals surface area (Å²) in [5.41, 5.74) is -0.520. The molecule has 1 saturated heterocycles. The van der Waals surface area contributed by atoms with E-state index in [9.17, 15) is 4.79 Å². The van der Waals surface area contributed by atoms with Gasteiger partial charge in [0, 0.05) is 6.54 Å². The van der Waals surface area contributed by atoms with Crippen molar-refractivity contribution in [1.82, 2.24) is 4.90 Å². The minimum absolute atomic E-state index is 0.520. The fourth-order valence-electron chi connectivity index (χ4n) is 1.88. The first-order valence-corrected chi connectivity index (χ1v) is 5.15. The summed E-state index contributed by atoms with van der Waals surface area (Å²) in [5, 5.41) is 9.02. The van der Waals surface area contributed by atoms with Crippen LogP contribution in [0.5, 0.6) is 0 Å². The van der Waals surface area contributed by atoms with E-state index in [0.717, 1.165) is 32.4 Å². The highest BCUT2D eigenvalue weighted by Crippen LogP contribution is 2.29. The van der Waals surface area contributed by atoms with Gasteiger partial charge in [-0.25, -0.2) is 0 Å². The zero-order chi connectivity index (χ0) is 10.6. The molecule has 3 nitrogen and oxygen atoms in total. The van der Waals surface area contributed by atoms with Crippen molar-refractivity contribution >= 4 is 5.97 Å². The van der Waals surface area contributed by atoms with E-state index in [2.05, 4.69) is 11.5 Å². The first-order valence-electron chi connectivity index (χ1n) is 5.15. The quantitative estimate of drug-likeness (QED) is 0.539. The van der Waals surface area contributed by atoms with Crippen LogP contribution < -0.4 is 0 Å². The van der Waals surface area contributed by atoms with Crippen molar-refractivity contribution in [3.63, 3.8) is 0 Å². The van der Waals surface area contributed by atoms with Crippen molar-refractivity contribution < 1.29 is 9.90 Å². The molecule has 80 valence electrons. The lowest BCUT2D eigenvalue weighted by Gasteiger charge is -2.19. The number of carboxylic acid groups (broad SMARTS) is 1. The maximum atomic E-state index is 11.0. The molecule has 1 heterocycles. The maximum Gasteiger partial charge on any atom is 0.310 e.